The lowest BCUT2D eigenvalue weighted by molar-refractivity contribution is -0.00934. The van der Waals surface area contributed by atoms with Crippen LogP contribution in [0.25, 0.3) is 0 Å². The zero-order valence-electron chi connectivity index (χ0n) is 17.6. The molecule has 0 atom stereocenters. The summed E-state index contributed by atoms with van der Waals surface area (Å²) in [6.07, 6.45) is 4.04. The third-order valence-electron chi connectivity index (χ3n) is 6.36. The summed E-state index contributed by atoms with van der Waals surface area (Å²) in [7, 11) is 5.89. The van der Waals surface area contributed by atoms with E-state index in [0.717, 1.165) is 37.0 Å². The van der Waals surface area contributed by atoms with Gasteiger partial charge in [-0.3, -0.25) is 4.79 Å². The molecular formula is C24H30N2O3. The van der Waals surface area contributed by atoms with Gasteiger partial charge in [0.05, 0.1) is 19.2 Å². The smallest absolute Gasteiger partial charge is 0.258 e. The Kier molecular flexibility index (Phi) is 5.50. The Hall–Kier alpha value is -2.53. The number of methoxy groups -OCH3 is 1. The summed E-state index contributed by atoms with van der Waals surface area (Å²) in [6.45, 7) is 1.14. The summed E-state index contributed by atoms with van der Waals surface area (Å²) in [5.41, 5.74) is 1.32. The van der Waals surface area contributed by atoms with Crippen molar-refractivity contribution >= 4 is 5.91 Å². The summed E-state index contributed by atoms with van der Waals surface area (Å²) in [5, 5.41) is 0. The van der Waals surface area contributed by atoms with Crippen LogP contribution in [0, 0.1) is 0 Å². The first-order valence-corrected chi connectivity index (χ1v) is 10.4. The molecule has 1 saturated carbocycles. The number of nitrogens with zero attached hydrogens (tertiary/aromatic N) is 2. The van der Waals surface area contributed by atoms with Gasteiger partial charge in [0.15, 0.2) is 0 Å². The Bertz CT molecular complexity index is 872. The standard InChI is InChI=1S/C24H30N2O3/c1-25(2)19-12-14-24(15-13-19)17-26(16-18-8-4-6-10-21(18)29-24)23(27)20-9-5-7-11-22(20)28-3/h4-11,19H,12-17H2,1-3H3. The maximum atomic E-state index is 13.5. The molecule has 1 spiro atoms. The molecule has 0 bridgehead atoms. The van der Waals surface area contributed by atoms with E-state index in [0.29, 0.717) is 30.4 Å². The average Bonchev–Trinajstić information content (AvgIpc) is 2.90. The van der Waals surface area contributed by atoms with Crippen LogP contribution >= 0.6 is 0 Å². The van der Waals surface area contributed by atoms with Gasteiger partial charge in [0, 0.05) is 18.2 Å². The molecule has 5 heteroatoms. The molecule has 2 aromatic rings. The molecule has 0 unspecified atom stereocenters. The van der Waals surface area contributed by atoms with Crippen LogP contribution in [-0.4, -0.2) is 55.1 Å². The van der Waals surface area contributed by atoms with Crippen molar-refractivity contribution < 1.29 is 14.3 Å². The number of ether oxygens (including phenoxy) is 2. The molecule has 0 N–H and O–H groups in total. The van der Waals surface area contributed by atoms with Gasteiger partial charge >= 0.3 is 0 Å². The average molecular weight is 395 g/mol. The molecule has 154 valence electrons. The Morgan fingerprint density at radius 2 is 1.79 bits per heavy atom. The highest BCUT2D eigenvalue weighted by atomic mass is 16.5. The third kappa shape index (κ3) is 3.97. The van der Waals surface area contributed by atoms with Crippen molar-refractivity contribution in [2.75, 3.05) is 27.7 Å². The summed E-state index contributed by atoms with van der Waals surface area (Å²) < 4.78 is 12.1. The van der Waals surface area contributed by atoms with Crippen molar-refractivity contribution in [2.45, 2.75) is 43.9 Å². The first kappa shape index (κ1) is 19.8. The van der Waals surface area contributed by atoms with Gasteiger partial charge in [-0.05, 0) is 58.0 Å². The second-order valence-electron chi connectivity index (χ2n) is 8.45. The van der Waals surface area contributed by atoms with Crippen LogP contribution in [0.1, 0.15) is 41.6 Å². The molecule has 29 heavy (non-hydrogen) atoms. The van der Waals surface area contributed by atoms with Gasteiger partial charge < -0.3 is 19.3 Å². The maximum absolute atomic E-state index is 13.5. The molecule has 1 aliphatic heterocycles. The van der Waals surface area contributed by atoms with Crippen LogP contribution in [0.15, 0.2) is 48.5 Å². The maximum Gasteiger partial charge on any atom is 0.258 e. The van der Waals surface area contributed by atoms with E-state index in [1.165, 1.54) is 0 Å². The molecule has 0 saturated heterocycles. The van der Waals surface area contributed by atoms with Crippen molar-refractivity contribution in [2.24, 2.45) is 0 Å². The number of fused-ring (bicyclic) bond motifs is 1. The molecular weight excluding hydrogens is 364 g/mol. The van der Waals surface area contributed by atoms with Gasteiger partial charge in [0.1, 0.15) is 17.1 Å². The van der Waals surface area contributed by atoms with E-state index in [-0.39, 0.29) is 11.5 Å². The highest BCUT2D eigenvalue weighted by Crippen LogP contribution is 2.39. The predicted molar refractivity (Wildman–Crippen MR) is 113 cm³/mol. The second kappa shape index (κ2) is 8.07. The van der Waals surface area contributed by atoms with Crippen LogP contribution in [0.5, 0.6) is 11.5 Å². The lowest BCUT2D eigenvalue weighted by Crippen LogP contribution is -2.51. The minimum Gasteiger partial charge on any atom is -0.496 e. The first-order valence-electron chi connectivity index (χ1n) is 10.4. The molecule has 1 amide bonds. The topological polar surface area (TPSA) is 42.0 Å². The molecule has 4 rings (SSSR count). The number of hydrogen-bond donors (Lipinski definition) is 0. The van der Waals surface area contributed by atoms with Gasteiger partial charge in [-0.2, -0.15) is 0 Å². The normalized spacial score (nSPS) is 24.0. The van der Waals surface area contributed by atoms with E-state index < -0.39 is 0 Å². The lowest BCUT2D eigenvalue weighted by Gasteiger charge is -2.43. The van der Waals surface area contributed by atoms with Crippen LogP contribution in [0.3, 0.4) is 0 Å². The Balaban J connectivity index is 1.67. The SMILES string of the molecule is COc1ccccc1C(=O)N1Cc2ccccc2OC2(CCC(N(C)C)CC2)C1. The summed E-state index contributed by atoms with van der Waals surface area (Å²) >= 11 is 0. The van der Waals surface area contributed by atoms with Gasteiger partial charge in [-0.15, -0.1) is 0 Å². The number of amides is 1. The molecule has 5 nitrogen and oxygen atoms in total. The van der Waals surface area contributed by atoms with Crippen LogP contribution < -0.4 is 9.47 Å². The minimum atomic E-state index is -0.337. The van der Waals surface area contributed by atoms with E-state index in [1.54, 1.807) is 7.11 Å². The largest absolute Gasteiger partial charge is 0.496 e. The third-order valence-corrected chi connectivity index (χ3v) is 6.36. The number of rotatable bonds is 3. The van der Waals surface area contributed by atoms with E-state index in [4.69, 9.17) is 9.47 Å². The molecule has 0 aromatic heterocycles. The van der Waals surface area contributed by atoms with Crippen molar-refractivity contribution in [1.29, 1.82) is 0 Å². The predicted octanol–water partition coefficient (Wildman–Crippen LogP) is 3.97. The Morgan fingerprint density at radius 3 is 2.52 bits per heavy atom. The Labute approximate surface area is 173 Å². The van der Waals surface area contributed by atoms with Crippen molar-refractivity contribution in [3.8, 4) is 11.5 Å². The van der Waals surface area contributed by atoms with Crippen LogP contribution in [-0.2, 0) is 6.54 Å². The van der Waals surface area contributed by atoms with Crippen molar-refractivity contribution in [3.05, 3.63) is 59.7 Å². The van der Waals surface area contributed by atoms with E-state index >= 15 is 0 Å². The molecule has 0 radical (unpaired) electrons. The fourth-order valence-electron chi connectivity index (χ4n) is 4.65. The molecule has 2 aliphatic rings. The minimum absolute atomic E-state index is 0.00291. The lowest BCUT2D eigenvalue weighted by atomic mass is 9.81. The Morgan fingerprint density at radius 1 is 1.10 bits per heavy atom. The zero-order chi connectivity index (χ0) is 20.4. The van der Waals surface area contributed by atoms with Gasteiger partial charge in [0.2, 0.25) is 0 Å². The van der Waals surface area contributed by atoms with E-state index in [1.807, 2.05) is 47.4 Å². The van der Waals surface area contributed by atoms with Crippen molar-refractivity contribution in [3.63, 3.8) is 0 Å². The first-order chi connectivity index (χ1) is 14.0. The summed E-state index contributed by atoms with van der Waals surface area (Å²) in [4.78, 5) is 17.8. The quantitative estimate of drug-likeness (QED) is 0.790. The monoisotopic (exact) mass is 394 g/mol. The summed E-state index contributed by atoms with van der Waals surface area (Å²) in [6, 6.07) is 16.1. The highest BCUT2D eigenvalue weighted by molar-refractivity contribution is 5.97. The van der Waals surface area contributed by atoms with Crippen LogP contribution in [0.2, 0.25) is 0 Å². The zero-order valence-corrected chi connectivity index (χ0v) is 17.6. The highest BCUT2D eigenvalue weighted by Gasteiger charge is 2.43. The number of para-hydroxylation sites is 2. The molecule has 1 heterocycles. The fraction of sp³-hybridized carbons (Fsp3) is 0.458. The molecule has 1 fully saturated rings. The van der Waals surface area contributed by atoms with Crippen molar-refractivity contribution in [1.82, 2.24) is 9.80 Å². The number of carbonyl (C=O) groups is 1. The number of carbonyl (C=O) groups excluding carboxylic acids is 1. The van der Waals surface area contributed by atoms with Crippen LogP contribution in [0.4, 0.5) is 0 Å². The van der Waals surface area contributed by atoms with Gasteiger partial charge in [-0.1, -0.05) is 30.3 Å². The molecule has 1 aliphatic carbocycles. The second-order valence-corrected chi connectivity index (χ2v) is 8.45. The molecule has 2 aromatic carbocycles. The van der Waals surface area contributed by atoms with Gasteiger partial charge in [-0.25, -0.2) is 0 Å². The van der Waals surface area contributed by atoms with E-state index in [2.05, 4.69) is 25.1 Å². The summed E-state index contributed by atoms with van der Waals surface area (Å²) in [5.74, 6) is 1.52. The van der Waals surface area contributed by atoms with Gasteiger partial charge in [0.25, 0.3) is 5.91 Å². The fourth-order valence-corrected chi connectivity index (χ4v) is 4.65. The number of hydrogen-bond acceptors (Lipinski definition) is 4. The van der Waals surface area contributed by atoms with E-state index in [9.17, 15) is 4.79 Å². The number of benzene rings is 2.